The van der Waals surface area contributed by atoms with Crippen LogP contribution in [0.25, 0.3) is 55.8 Å². The molecule has 0 N–H and O–H groups in total. The van der Waals surface area contributed by atoms with Crippen molar-refractivity contribution in [1.29, 1.82) is 0 Å². The molecule has 2 nitrogen and oxygen atoms in total. The fourth-order valence-electron chi connectivity index (χ4n) is 9.54. The molecule has 2 heterocycles. The van der Waals surface area contributed by atoms with Crippen LogP contribution in [0.2, 0.25) is 0 Å². The Morgan fingerprint density at radius 2 is 0.930 bits per heavy atom. The Balaban J connectivity index is 1.10. The van der Waals surface area contributed by atoms with Crippen LogP contribution in [0.5, 0.6) is 0 Å². The number of benzene rings is 8. The lowest BCUT2D eigenvalue weighted by molar-refractivity contribution is 0.549. The molecule has 1 spiro atoms. The van der Waals surface area contributed by atoms with E-state index < -0.39 is 5.41 Å². The van der Waals surface area contributed by atoms with E-state index in [0.29, 0.717) is 0 Å². The van der Waals surface area contributed by atoms with Gasteiger partial charge < -0.3 is 0 Å². The first-order valence-corrected chi connectivity index (χ1v) is 20.5. The van der Waals surface area contributed by atoms with Crippen LogP contribution in [0.3, 0.4) is 0 Å². The Hall–Kier alpha value is -6.55. The Morgan fingerprint density at radius 3 is 1.70 bits per heavy atom. The first-order valence-electron chi connectivity index (χ1n) is 19.7. The minimum absolute atomic E-state index is 0.232. The van der Waals surface area contributed by atoms with E-state index in [-0.39, 0.29) is 5.41 Å². The topological polar surface area (TPSA) is 25.8 Å². The van der Waals surface area contributed by atoms with Gasteiger partial charge in [-0.3, -0.25) is 0 Å². The number of rotatable bonds is 4. The Morgan fingerprint density at radius 1 is 0.386 bits per heavy atom. The van der Waals surface area contributed by atoms with E-state index in [1.54, 1.807) is 0 Å². The molecule has 0 radical (unpaired) electrons. The molecule has 0 amide bonds. The molecule has 1 aliphatic carbocycles. The molecule has 3 heteroatoms. The standard InChI is InChI=1S/C54H38N2S/c1-53(2)42-24-8-9-25-43(42)54(45-26-10-12-28-50(45)57-51-29-13-11-27-46(51)54)44-31-30-38(33-47(44)53)37-20-14-21-39(32-37)49-34-48(36-17-4-3-5-18-36)55-52(56-49)41-23-15-19-35-16-6-7-22-40(35)41/h3-34H,1-2H3. The predicted molar refractivity (Wildman–Crippen MR) is 236 cm³/mol. The summed E-state index contributed by atoms with van der Waals surface area (Å²) < 4.78 is 0. The van der Waals surface area contributed by atoms with Crippen LogP contribution in [0.15, 0.2) is 204 Å². The van der Waals surface area contributed by atoms with Crippen molar-refractivity contribution in [3.8, 4) is 45.0 Å². The van der Waals surface area contributed by atoms with Gasteiger partial charge in [-0.1, -0.05) is 189 Å². The molecular weight excluding hydrogens is 709 g/mol. The Bertz CT molecular complexity index is 2980. The SMILES string of the molecule is CC1(C)c2ccccc2C2(c3ccccc3Sc3ccccc32)c2ccc(-c3cccc(-c4cc(-c5ccccc5)nc(-c5cccc6ccccc56)n4)c3)cc21. The lowest BCUT2D eigenvalue weighted by atomic mass is 9.54. The van der Waals surface area contributed by atoms with E-state index in [0.717, 1.165) is 44.9 Å². The van der Waals surface area contributed by atoms with Gasteiger partial charge in [0.05, 0.1) is 16.8 Å². The molecular formula is C54H38N2S. The Kier molecular flexibility index (Phi) is 7.71. The summed E-state index contributed by atoms with van der Waals surface area (Å²) in [6.07, 6.45) is 0. The second-order valence-electron chi connectivity index (χ2n) is 15.7. The number of nitrogens with zero attached hydrogens (tertiary/aromatic N) is 2. The monoisotopic (exact) mass is 746 g/mol. The lowest BCUT2D eigenvalue weighted by Crippen LogP contribution is -2.43. The van der Waals surface area contributed by atoms with Gasteiger partial charge in [-0.2, -0.15) is 0 Å². The molecule has 0 fully saturated rings. The molecule has 9 aromatic rings. The number of aromatic nitrogens is 2. The summed E-state index contributed by atoms with van der Waals surface area (Å²) in [5, 5.41) is 2.31. The minimum atomic E-state index is -0.437. The van der Waals surface area contributed by atoms with Gasteiger partial charge in [-0.25, -0.2) is 9.97 Å². The maximum atomic E-state index is 5.29. The fraction of sp³-hybridized carbons (Fsp3) is 0.0741. The van der Waals surface area contributed by atoms with Crippen LogP contribution in [0.1, 0.15) is 47.2 Å². The summed E-state index contributed by atoms with van der Waals surface area (Å²) in [5.74, 6) is 0.722. The van der Waals surface area contributed by atoms with E-state index in [9.17, 15) is 0 Å². The zero-order valence-corrected chi connectivity index (χ0v) is 32.6. The molecule has 57 heavy (non-hydrogen) atoms. The quantitative estimate of drug-likeness (QED) is 0.179. The second kappa shape index (κ2) is 13.0. The average molecular weight is 747 g/mol. The molecule has 1 aromatic heterocycles. The summed E-state index contributed by atoms with van der Waals surface area (Å²) in [6.45, 7) is 4.79. The van der Waals surface area contributed by atoms with Crippen molar-refractivity contribution in [2.24, 2.45) is 0 Å². The smallest absolute Gasteiger partial charge is 0.161 e. The lowest BCUT2D eigenvalue weighted by Gasteiger charge is -2.50. The van der Waals surface area contributed by atoms with Crippen LogP contribution in [0, 0.1) is 0 Å². The summed E-state index contributed by atoms with van der Waals surface area (Å²) in [6, 6.07) is 70.7. The molecule has 0 atom stereocenters. The van der Waals surface area contributed by atoms with E-state index in [1.165, 1.54) is 54.1 Å². The van der Waals surface area contributed by atoms with E-state index in [2.05, 4.69) is 202 Å². The highest BCUT2D eigenvalue weighted by molar-refractivity contribution is 7.99. The van der Waals surface area contributed by atoms with Crippen LogP contribution < -0.4 is 0 Å². The maximum Gasteiger partial charge on any atom is 0.161 e. The molecule has 1 aliphatic heterocycles. The van der Waals surface area contributed by atoms with Gasteiger partial charge in [0.25, 0.3) is 0 Å². The third-order valence-corrected chi connectivity index (χ3v) is 13.4. The van der Waals surface area contributed by atoms with Crippen LogP contribution in [0.4, 0.5) is 0 Å². The third kappa shape index (κ3) is 5.19. The first-order chi connectivity index (χ1) is 28.0. The molecule has 270 valence electrons. The van der Waals surface area contributed by atoms with Crippen molar-refractivity contribution in [2.45, 2.75) is 34.5 Å². The van der Waals surface area contributed by atoms with Crippen LogP contribution in [-0.2, 0) is 10.8 Å². The van der Waals surface area contributed by atoms with E-state index in [1.807, 2.05) is 17.8 Å². The van der Waals surface area contributed by atoms with Crippen LogP contribution >= 0.6 is 11.8 Å². The second-order valence-corrected chi connectivity index (χ2v) is 16.8. The van der Waals surface area contributed by atoms with Crippen molar-refractivity contribution in [1.82, 2.24) is 9.97 Å². The van der Waals surface area contributed by atoms with E-state index in [4.69, 9.17) is 9.97 Å². The van der Waals surface area contributed by atoms with Gasteiger partial charge in [-0.15, -0.1) is 0 Å². The highest BCUT2D eigenvalue weighted by Crippen LogP contribution is 2.61. The van der Waals surface area contributed by atoms with Crippen LogP contribution in [-0.4, -0.2) is 9.97 Å². The summed E-state index contributed by atoms with van der Waals surface area (Å²) in [4.78, 5) is 13.1. The summed E-state index contributed by atoms with van der Waals surface area (Å²) in [5.41, 5.74) is 14.8. The molecule has 8 aromatic carbocycles. The zero-order chi connectivity index (χ0) is 38.1. The molecule has 0 saturated carbocycles. The number of hydrogen-bond donors (Lipinski definition) is 0. The molecule has 0 unspecified atom stereocenters. The van der Waals surface area contributed by atoms with E-state index >= 15 is 0 Å². The van der Waals surface area contributed by atoms with Gasteiger partial charge in [-0.05, 0) is 85.6 Å². The highest BCUT2D eigenvalue weighted by atomic mass is 32.2. The van der Waals surface area contributed by atoms with Gasteiger partial charge >= 0.3 is 0 Å². The van der Waals surface area contributed by atoms with Crippen molar-refractivity contribution < 1.29 is 0 Å². The number of fused-ring (bicyclic) bond motifs is 9. The maximum absolute atomic E-state index is 5.29. The Labute approximate surface area is 338 Å². The van der Waals surface area contributed by atoms with Gasteiger partial charge in [0, 0.05) is 31.9 Å². The zero-order valence-electron chi connectivity index (χ0n) is 31.8. The van der Waals surface area contributed by atoms with Gasteiger partial charge in [0.15, 0.2) is 5.82 Å². The summed E-state index contributed by atoms with van der Waals surface area (Å²) >= 11 is 1.89. The predicted octanol–water partition coefficient (Wildman–Crippen LogP) is 13.8. The molecule has 2 aliphatic rings. The van der Waals surface area contributed by atoms with Crippen molar-refractivity contribution in [3.63, 3.8) is 0 Å². The van der Waals surface area contributed by atoms with Crippen molar-refractivity contribution in [2.75, 3.05) is 0 Å². The van der Waals surface area contributed by atoms with Gasteiger partial charge in [0.1, 0.15) is 0 Å². The minimum Gasteiger partial charge on any atom is -0.228 e. The fourth-order valence-corrected chi connectivity index (χ4v) is 10.7. The normalized spacial score (nSPS) is 14.4. The number of hydrogen-bond acceptors (Lipinski definition) is 3. The molecule has 11 rings (SSSR count). The first kappa shape index (κ1) is 33.8. The molecule has 0 saturated heterocycles. The highest BCUT2D eigenvalue weighted by Gasteiger charge is 2.52. The third-order valence-electron chi connectivity index (χ3n) is 12.2. The average Bonchev–Trinajstić information content (AvgIpc) is 3.28. The molecule has 0 bridgehead atoms. The van der Waals surface area contributed by atoms with Crippen molar-refractivity contribution >= 4 is 22.5 Å². The summed E-state index contributed by atoms with van der Waals surface area (Å²) in [7, 11) is 0. The largest absolute Gasteiger partial charge is 0.228 e. The van der Waals surface area contributed by atoms with Crippen molar-refractivity contribution in [3.05, 3.63) is 228 Å². The van der Waals surface area contributed by atoms with Gasteiger partial charge in [0.2, 0.25) is 0 Å².